The Labute approximate surface area is 88.9 Å². The molecule has 78 valence electrons. The predicted octanol–water partition coefficient (Wildman–Crippen LogP) is 2.82. The molecule has 0 amide bonds. The third-order valence-electron chi connectivity index (χ3n) is 1.40. The quantitative estimate of drug-likeness (QED) is 0.629. The topological polar surface area (TPSA) is 17.1 Å². The molecule has 0 aliphatic rings. The minimum absolute atomic E-state index is 0.264. The van der Waals surface area contributed by atoms with Gasteiger partial charge in [-0.3, -0.25) is 4.79 Å². The summed E-state index contributed by atoms with van der Waals surface area (Å²) in [6.07, 6.45) is -4.91. The minimum Gasteiger partial charge on any atom is -0.275 e. The van der Waals surface area contributed by atoms with E-state index in [0.29, 0.717) is 5.02 Å². The first-order chi connectivity index (χ1) is 6.89. The van der Waals surface area contributed by atoms with Crippen LogP contribution in [0.4, 0.5) is 13.2 Å². The molecule has 0 saturated heterocycles. The van der Waals surface area contributed by atoms with Gasteiger partial charge in [0.15, 0.2) is 0 Å². The second-order valence-electron chi connectivity index (χ2n) is 2.59. The van der Waals surface area contributed by atoms with Crippen LogP contribution in [0.25, 0.3) is 0 Å². The number of halogens is 4. The highest BCUT2D eigenvalue weighted by Crippen LogP contribution is 2.15. The lowest BCUT2D eigenvalue weighted by molar-refractivity contribution is -0.164. The maximum atomic E-state index is 11.8. The molecule has 0 saturated carbocycles. The number of alkyl halides is 3. The third-order valence-corrected chi connectivity index (χ3v) is 1.64. The molecule has 0 heterocycles. The summed E-state index contributed by atoms with van der Waals surface area (Å²) in [5.74, 6) is 1.51. The van der Waals surface area contributed by atoms with Gasteiger partial charge in [0, 0.05) is 10.6 Å². The Morgan fingerprint density at radius 3 is 2.53 bits per heavy atom. The lowest BCUT2D eigenvalue weighted by Crippen LogP contribution is -2.20. The Kier molecular flexibility index (Phi) is 3.38. The zero-order valence-electron chi connectivity index (χ0n) is 7.23. The van der Waals surface area contributed by atoms with Gasteiger partial charge in [-0.15, -0.1) is 0 Å². The molecule has 0 fully saturated rings. The summed E-state index contributed by atoms with van der Waals surface area (Å²) in [4.78, 5) is 10.4. The SMILES string of the molecule is O=C(C#Cc1cccc(Cl)c1)C(F)(F)F. The number of benzene rings is 1. The van der Waals surface area contributed by atoms with Gasteiger partial charge in [-0.25, -0.2) is 0 Å². The van der Waals surface area contributed by atoms with Crippen LogP contribution in [-0.2, 0) is 4.79 Å². The predicted molar refractivity (Wildman–Crippen MR) is 49.4 cm³/mol. The number of ketones is 1. The van der Waals surface area contributed by atoms with Gasteiger partial charge in [-0.1, -0.05) is 23.6 Å². The van der Waals surface area contributed by atoms with Crippen LogP contribution in [0.15, 0.2) is 24.3 Å². The van der Waals surface area contributed by atoms with Gasteiger partial charge in [0.1, 0.15) is 0 Å². The van der Waals surface area contributed by atoms with Crippen LogP contribution >= 0.6 is 11.6 Å². The molecule has 0 N–H and O–H groups in total. The van der Waals surface area contributed by atoms with Gasteiger partial charge in [0.25, 0.3) is 0 Å². The van der Waals surface area contributed by atoms with E-state index in [1.807, 2.05) is 0 Å². The van der Waals surface area contributed by atoms with Crippen molar-refractivity contribution in [2.45, 2.75) is 6.18 Å². The average molecular weight is 233 g/mol. The third kappa shape index (κ3) is 3.64. The van der Waals surface area contributed by atoms with E-state index in [4.69, 9.17) is 11.6 Å². The largest absolute Gasteiger partial charge is 0.462 e. The summed E-state index contributed by atoms with van der Waals surface area (Å²) >= 11 is 5.58. The normalized spacial score (nSPS) is 10.4. The number of hydrogen-bond acceptors (Lipinski definition) is 1. The average Bonchev–Trinajstić information content (AvgIpc) is 2.12. The van der Waals surface area contributed by atoms with Crippen LogP contribution in [0.2, 0.25) is 5.02 Å². The molecule has 1 aromatic rings. The molecule has 0 aliphatic heterocycles. The molecule has 0 atom stereocenters. The number of Topliss-reactive ketones (excluding diaryl/α,β-unsaturated/α-hetero) is 1. The van der Waals surface area contributed by atoms with Crippen LogP contribution in [0, 0.1) is 11.8 Å². The summed E-state index contributed by atoms with van der Waals surface area (Å²) in [5.41, 5.74) is 0.264. The molecule has 0 aliphatic carbocycles. The number of hydrogen-bond donors (Lipinski definition) is 0. The highest BCUT2D eigenvalue weighted by Gasteiger charge is 2.37. The minimum atomic E-state index is -4.91. The molecule has 1 rings (SSSR count). The Morgan fingerprint density at radius 1 is 1.33 bits per heavy atom. The Bertz CT molecular complexity index is 440. The summed E-state index contributed by atoms with van der Waals surface area (Å²) in [7, 11) is 0. The second-order valence-corrected chi connectivity index (χ2v) is 3.02. The Hall–Kier alpha value is -1.47. The first-order valence-electron chi connectivity index (χ1n) is 3.78. The summed E-state index contributed by atoms with van der Waals surface area (Å²) in [6, 6.07) is 5.92. The fraction of sp³-hybridized carbons (Fsp3) is 0.100. The molecular formula is C10H4ClF3O. The van der Waals surface area contributed by atoms with Crippen LogP contribution in [-0.4, -0.2) is 12.0 Å². The molecule has 0 radical (unpaired) electrons. The molecule has 0 unspecified atom stereocenters. The Balaban J connectivity index is 2.88. The van der Waals surface area contributed by atoms with Crippen molar-refractivity contribution in [2.24, 2.45) is 0 Å². The molecule has 0 bridgehead atoms. The van der Waals surface area contributed by atoms with Crippen molar-refractivity contribution in [3.8, 4) is 11.8 Å². The fourth-order valence-corrected chi connectivity index (χ4v) is 0.956. The number of carbonyl (C=O) groups is 1. The van der Waals surface area contributed by atoms with E-state index in [1.54, 1.807) is 6.07 Å². The van der Waals surface area contributed by atoms with Gasteiger partial charge in [0.2, 0.25) is 0 Å². The maximum absolute atomic E-state index is 11.8. The zero-order chi connectivity index (χ0) is 11.5. The van der Waals surface area contributed by atoms with E-state index < -0.39 is 12.0 Å². The monoisotopic (exact) mass is 232 g/mol. The zero-order valence-corrected chi connectivity index (χ0v) is 7.99. The molecule has 5 heteroatoms. The Morgan fingerprint density at radius 2 is 2.00 bits per heavy atom. The van der Waals surface area contributed by atoms with Crippen LogP contribution in [0.5, 0.6) is 0 Å². The van der Waals surface area contributed by atoms with E-state index in [0.717, 1.165) is 0 Å². The van der Waals surface area contributed by atoms with Crippen molar-refractivity contribution in [1.29, 1.82) is 0 Å². The van der Waals surface area contributed by atoms with E-state index in [2.05, 4.69) is 5.92 Å². The van der Waals surface area contributed by atoms with Crippen molar-refractivity contribution < 1.29 is 18.0 Å². The standard InChI is InChI=1S/C10H4ClF3O/c11-8-3-1-2-7(6-8)4-5-9(15)10(12,13)14/h1-3,6H. The van der Waals surface area contributed by atoms with Gasteiger partial charge in [-0.2, -0.15) is 13.2 Å². The van der Waals surface area contributed by atoms with Gasteiger partial charge >= 0.3 is 12.0 Å². The van der Waals surface area contributed by atoms with Gasteiger partial charge in [-0.05, 0) is 24.1 Å². The van der Waals surface area contributed by atoms with E-state index in [9.17, 15) is 18.0 Å². The maximum Gasteiger partial charge on any atom is 0.462 e. The van der Waals surface area contributed by atoms with Crippen molar-refractivity contribution in [1.82, 2.24) is 0 Å². The molecule has 1 aromatic carbocycles. The van der Waals surface area contributed by atoms with Crippen molar-refractivity contribution >= 4 is 17.4 Å². The molecular weight excluding hydrogens is 229 g/mol. The first kappa shape index (κ1) is 11.6. The van der Waals surface area contributed by atoms with Crippen molar-refractivity contribution in [3.63, 3.8) is 0 Å². The van der Waals surface area contributed by atoms with Gasteiger partial charge in [0.05, 0.1) is 0 Å². The van der Waals surface area contributed by atoms with E-state index >= 15 is 0 Å². The summed E-state index contributed by atoms with van der Waals surface area (Å²) in [5, 5.41) is 0.348. The number of rotatable bonds is 0. The van der Waals surface area contributed by atoms with Crippen LogP contribution in [0.3, 0.4) is 0 Å². The molecule has 0 spiro atoms. The highest BCUT2D eigenvalue weighted by molar-refractivity contribution is 6.30. The van der Waals surface area contributed by atoms with E-state index in [-0.39, 0.29) is 5.56 Å². The summed E-state index contributed by atoms with van der Waals surface area (Å²) < 4.78 is 35.3. The first-order valence-corrected chi connectivity index (χ1v) is 4.16. The fourth-order valence-electron chi connectivity index (χ4n) is 0.766. The molecule has 0 aromatic heterocycles. The number of carbonyl (C=O) groups excluding carboxylic acids is 1. The smallest absolute Gasteiger partial charge is 0.275 e. The summed E-state index contributed by atoms with van der Waals surface area (Å²) in [6.45, 7) is 0. The highest BCUT2D eigenvalue weighted by atomic mass is 35.5. The molecule has 15 heavy (non-hydrogen) atoms. The molecule has 1 nitrogen and oxygen atoms in total. The lowest BCUT2D eigenvalue weighted by atomic mass is 10.2. The second kappa shape index (κ2) is 4.37. The van der Waals surface area contributed by atoms with E-state index in [1.165, 1.54) is 24.1 Å². The van der Waals surface area contributed by atoms with Crippen molar-refractivity contribution in [2.75, 3.05) is 0 Å². The lowest BCUT2D eigenvalue weighted by Gasteiger charge is -1.96. The van der Waals surface area contributed by atoms with Gasteiger partial charge < -0.3 is 0 Å². The van der Waals surface area contributed by atoms with Crippen molar-refractivity contribution in [3.05, 3.63) is 34.9 Å². The van der Waals surface area contributed by atoms with Crippen LogP contribution < -0.4 is 0 Å². The van der Waals surface area contributed by atoms with Crippen LogP contribution in [0.1, 0.15) is 5.56 Å².